The minimum Gasteiger partial charge on any atom is -0.354 e. The summed E-state index contributed by atoms with van der Waals surface area (Å²) in [6.45, 7) is 4.58. The lowest BCUT2D eigenvalue weighted by atomic mass is 9.86. The average Bonchev–Trinajstić information content (AvgIpc) is 2.66. The molecule has 1 aliphatic carbocycles. The number of amides is 1. The van der Waals surface area contributed by atoms with Gasteiger partial charge in [0.2, 0.25) is 5.95 Å². The SMILES string of the molecule is Cc1cc(C)nc(NCC2CCC(NC(=O)c3cc(C(F)(F)F)ccc3Cl)CC2)n1. The molecular weight excluding hydrogens is 417 g/mol. The lowest BCUT2D eigenvalue weighted by Gasteiger charge is -2.29. The molecular formula is C21H24ClF3N4O. The Morgan fingerprint density at radius 1 is 1.10 bits per heavy atom. The highest BCUT2D eigenvalue weighted by molar-refractivity contribution is 6.33. The van der Waals surface area contributed by atoms with Crippen LogP contribution in [-0.2, 0) is 6.18 Å². The number of hydrogen-bond acceptors (Lipinski definition) is 4. The number of carbonyl (C=O) groups is 1. The van der Waals surface area contributed by atoms with E-state index < -0.39 is 17.6 Å². The number of aryl methyl sites for hydroxylation is 2. The third-order valence-electron chi connectivity index (χ3n) is 5.25. The summed E-state index contributed by atoms with van der Waals surface area (Å²) in [6, 6.07) is 4.61. The van der Waals surface area contributed by atoms with Gasteiger partial charge in [-0.3, -0.25) is 4.79 Å². The second kappa shape index (κ2) is 9.20. The number of hydrogen-bond donors (Lipinski definition) is 2. The van der Waals surface area contributed by atoms with Crippen LogP contribution < -0.4 is 10.6 Å². The summed E-state index contributed by atoms with van der Waals surface area (Å²) in [7, 11) is 0. The quantitative estimate of drug-likeness (QED) is 0.673. The average molecular weight is 441 g/mol. The fourth-order valence-corrected chi connectivity index (χ4v) is 3.89. The van der Waals surface area contributed by atoms with E-state index in [1.165, 1.54) is 0 Å². The van der Waals surface area contributed by atoms with Crippen LogP contribution >= 0.6 is 11.6 Å². The number of anilines is 1. The van der Waals surface area contributed by atoms with Gasteiger partial charge in [0.15, 0.2) is 0 Å². The summed E-state index contributed by atoms with van der Waals surface area (Å²) in [5.41, 5.74) is 0.775. The fraction of sp³-hybridized carbons (Fsp3) is 0.476. The van der Waals surface area contributed by atoms with Crippen molar-refractivity contribution >= 4 is 23.5 Å². The number of aromatic nitrogens is 2. The molecule has 0 atom stereocenters. The van der Waals surface area contributed by atoms with Crippen LogP contribution in [0.2, 0.25) is 5.02 Å². The summed E-state index contributed by atoms with van der Waals surface area (Å²) < 4.78 is 38.7. The molecule has 2 aromatic rings. The second-order valence-electron chi connectivity index (χ2n) is 7.74. The van der Waals surface area contributed by atoms with Crippen molar-refractivity contribution in [1.82, 2.24) is 15.3 Å². The van der Waals surface area contributed by atoms with Crippen LogP contribution in [0.15, 0.2) is 24.3 Å². The molecule has 1 saturated carbocycles. The molecule has 0 radical (unpaired) electrons. The van der Waals surface area contributed by atoms with Gasteiger partial charge in [0.05, 0.1) is 16.1 Å². The molecule has 1 aliphatic rings. The zero-order chi connectivity index (χ0) is 21.9. The number of nitrogens with zero attached hydrogens (tertiary/aromatic N) is 2. The van der Waals surface area contributed by atoms with Crippen LogP contribution in [0.3, 0.4) is 0 Å². The van der Waals surface area contributed by atoms with Crippen molar-refractivity contribution in [1.29, 1.82) is 0 Å². The monoisotopic (exact) mass is 440 g/mol. The largest absolute Gasteiger partial charge is 0.416 e. The molecule has 1 fully saturated rings. The van der Waals surface area contributed by atoms with Crippen LogP contribution in [0.25, 0.3) is 0 Å². The maximum Gasteiger partial charge on any atom is 0.416 e. The Morgan fingerprint density at radius 3 is 2.33 bits per heavy atom. The molecule has 30 heavy (non-hydrogen) atoms. The van der Waals surface area contributed by atoms with E-state index in [-0.39, 0.29) is 16.6 Å². The number of rotatable bonds is 5. The molecule has 162 valence electrons. The van der Waals surface area contributed by atoms with E-state index in [9.17, 15) is 18.0 Å². The Hall–Kier alpha value is -2.35. The normalized spacial score (nSPS) is 19.4. The van der Waals surface area contributed by atoms with E-state index in [0.717, 1.165) is 61.8 Å². The molecule has 0 aliphatic heterocycles. The van der Waals surface area contributed by atoms with Crippen molar-refractivity contribution < 1.29 is 18.0 Å². The molecule has 1 aromatic heterocycles. The van der Waals surface area contributed by atoms with E-state index >= 15 is 0 Å². The topological polar surface area (TPSA) is 66.9 Å². The van der Waals surface area contributed by atoms with Gasteiger partial charge in [-0.05, 0) is 69.7 Å². The van der Waals surface area contributed by atoms with Crippen molar-refractivity contribution in [3.05, 3.63) is 51.8 Å². The summed E-state index contributed by atoms with van der Waals surface area (Å²) in [6.07, 6.45) is -1.24. The Bertz CT molecular complexity index is 891. The molecule has 0 unspecified atom stereocenters. The predicted molar refractivity (Wildman–Crippen MR) is 110 cm³/mol. The first-order valence-corrected chi connectivity index (χ1v) is 10.2. The van der Waals surface area contributed by atoms with E-state index in [1.807, 2.05) is 19.9 Å². The minimum absolute atomic E-state index is 0.00633. The maximum atomic E-state index is 12.9. The van der Waals surface area contributed by atoms with E-state index in [2.05, 4.69) is 20.6 Å². The van der Waals surface area contributed by atoms with Crippen molar-refractivity contribution in [2.75, 3.05) is 11.9 Å². The van der Waals surface area contributed by atoms with Crippen LogP contribution in [0.1, 0.15) is 53.0 Å². The highest BCUT2D eigenvalue weighted by Crippen LogP contribution is 2.32. The van der Waals surface area contributed by atoms with Crippen molar-refractivity contribution in [2.45, 2.75) is 51.7 Å². The zero-order valence-corrected chi connectivity index (χ0v) is 17.6. The van der Waals surface area contributed by atoms with Crippen LogP contribution in [0, 0.1) is 19.8 Å². The first kappa shape index (κ1) is 22.3. The van der Waals surface area contributed by atoms with Gasteiger partial charge < -0.3 is 10.6 Å². The number of halogens is 4. The fourth-order valence-electron chi connectivity index (χ4n) is 3.69. The number of nitrogens with one attached hydrogen (secondary N) is 2. The lowest BCUT2D eigenvalue weighted by molar-refractivity contribution is -0.137. The molecule has 0 spiro atoms. The van der Waals surface area contributed by atoms with E-state index in [0.29, 0.717) is 11.9 Å². The third kappa shape index (κ3) is 5.84. The maximum absolute atomic E-state index is 12.9. The number of benzene rings is 1. The van der Waals surface area contributed by atoms with Gasteiger partial charge in [-0.15, -0.1) is 0 Å². The highest BCUT2D eigenvalue weighted by Gasteiger charge is 2.32. The van der Waals surface area contributed by atoms with Gasteiger partial charge >= 0.3 is 6.18 Å². The Morgan fingerprint density at radius 2 is 1.73 bits per heavy atom. The van der Waals surface area contributed by atoms with Gasteiger partial charge in [-0.1, -0.05) is 11.6 Å². The van der Waals surface area contributed by atoms with Crippen molar-refractivity contribution in [3.63, 3.8) is 0 Å². The summed E-state index contributed by atoms with van der Waals surface area (Å²) >= 11 is 5.96. The molecule has 2 N–H and O–H groups in total. The molecule has 0 bridgehead atoms. The lowest BCUT2D eigenvalue weighted by Crippen LogP contribution is -2.38. The smallest absolute Gasteiger partial charge is 0.354 e. The second-order valence-corrected chi connectivity index (χ2v) is 8.15. The molecule has 5 nitrogen and oxygen atoms in total. The van der Waals surface area contributed by atoms with E-state index in [4.69, 9.17) is 11.6 Å². The molecule has 1 amide bonds. The van der Waals surface area contributed by atoms with Crippen molar-refractivity contribution in [3.8, 4) is 0 Å². The zero-order valence-electron chi connectivity index (χ0n) is 16.8. The first-order chi connectivity index (χ1) is 14.1. The molecule has 3 rings (SSSR count). The molecule has 1 aromatic carbocycles. The van der Waals surface area contributed by atoms with Crippen LogP contribution in [-0.4, -0.2) is 28.5 Å². The van der Waals surface area contributed by atoms with Crippen LogP contribution in [0.4, 0.5) is 19.1 Å². The van der Waals surface area contributed by atoms with Crippen molar-refractivity contribution in [2.24, 2.45) is 5.92 Å². The van der Waals surface area contributed by atoms with Gasteiger partial charge in [0, 0.05) is 24.0 Å². The van der Waals surface area contributed by atoms with Gasteiger partial charge in [0.25, 0.3) is 5.91 Å². The molecule has 9 heteroatoms. The number of carbonyl (C=O) groups excluding carboxylic acids is 1. The van der Waals surface area contributed by atoms with Gasteiger partial charge in [0.1, 0.15) is 0 Å². The third-order valence-corrected chi connectivity index (χ3v) is 5.58. The standard InChI is InChI=1S/C21H24ClF3N4O/c1-12-9-13(2)28-20(27-12)26-11-14-3-6-16(7-4-14)29-19(30)17-10-15(21(23,24)25)5-8-18(17)22/h5,8-10,14,16H,3-4,6-7,11H2,1-2H3,(H,29,30)(H,26,27,28). The first-order valence-electron chi connectivity index (χ1n) is 9.85. The Balaban J connectivity index is 1.51. The summed E-state index contributed by atoms with van der Waals surface area (Å²) in [5, 5.41) is 6.11. The summed E-state index contributed by atoms with van der Waals surface area (Å²) in [5.74, 6) is 0.457. The number of alkyl halides is 3. The van der Waals surface area contributed by atoms with Gasteiger partial charge in [-0.25, -0.2) is 9.97 Å². The Labute approximate surface area is 178 Å². The minimum atomic E-state index is -4.52. The highest BCUT2D eigenvalue weighted by atomic mass is 35.5. The van der Waals surface area contributed by atoms with Crippen LogP contribution in [0.5, 0.6) is 0 Å². The predicted octanol–water partition coefficient (Wildman–Crippen LogP) is 5.17. The van der Waals surface area contributed by atoms with Gasteiger partial charge in [-0.2, -0.15) is 13.2 Å². The molecule has 0 saturated heterocycles. The molecule has 1 heterocycles. The Kier molecular flexibility index (Phi) is 6.85. The summed E-state index contributed by atoms with van der Waals surface area (Å²) in [4.78, 5) is 21.2. The van der Waals surface area contributed by atoms with E-state index in [1.54, 1.807) is 0 Å².